The Morgan fingerprint density at radius 3 is 2.71 bits per heavy atom. The van der Waals surface area contributed by atoms with E-state index in [9.17, 15) is 9.90 Å². The number of methoxy groups -OCH3 is 1. The van der Waals surface area contributed by atoms with Crippen molar-refractivity contribution < 1.29 is 19.1 Å². The molecule has 2 aromatic carbocycles. The average molecular weight is 324 g/mol. The molecule has 1 aromatic heterocycles. The van der Waals surface area contributed by atoms with Gasteiger partial charge in [0.05, 0.1) is 19.1 Å². The van der Waals surface area contributed by atoms with E-state index < -0.39 is 0 Å². The largest absolute Gasteiger partial charge is 0.507 e. The van der Waals surface area contributed by atoms with Crippen LogP contribution in [0.5, 0.6) is 11.5 Å². The van der Waals surface area contributed by atoms with Crippen molar-refractivity contribution in [2.45, 2.75) is 26.2 Å². The summed E-state index contributed by atoms with van der Waals surface area (Å²) in [5, 5.41) is 11.1. The summed E-state index contributed by atoms with van der Waals surface area (Å²) in [5.41, 5.74) is 1.98. The van der Waals surface area contributed by atoms with Gasteiger partial charge in [-0.15, -0.1) is 0 Å². The highest BCUT2D eigenvalue weighted by Gasteiger charge is 2.17. The van der Waals surface area contributed by atoms with Gasteiger partial charge in [0.1, 0.15) is 22.8 Å². The lowest BCUT2D eigenvalue weighted by Gasteiger charge is -2.11. The first kappa shape index (κ1) is 16.1. The molecule has 0 aliphatic carbocycles. The van der Waals surface area contributed by atoms with Crippen molar-refractivity contribution in [3.63, 3.8) is 0 Å². The number of furan rings is 1. The smallest absolute Gasteiger partial charge is 0.174 e. The number of rotatable bonds is 6. The van der Waals surface area contributed by atoms with E-state index in [2.05, 4.69) is 6.92 Å². The van der Waals surface area contributed by atoms with Crippen LogP contribution in [0.15, 0.2) is 46.9 Å². The molecule has 0 fully saturated rings. The number of ketones is 1. The maximum Gasteiger partial charge on any atom is 0.174 e. The Bertz CT molecular complexity index is 843. The summed E-state index contributed by atoms with van der Waals surface area (Å²) in [5.74, 6) is 0.961. The zero-order valence-corrected chi connectivity index (χ0v) is 13.8. The number of para-hydroxylation sites is 1. The van der Waals surface area contributed by atoms with E-state index >= 15 is 0 Å². The van der Waals surface area contributed by atoms with Crippen LogP contribution in [0.25, 0.3) is 11.0 Å². The standard InChI is InChI=1S/C20H20O4/c1-3-6-13-10-16(18(22)12-20(13)23-2)17(21)11-15-9-14-7-4-5-8-19(14)24-15/h4-5,7-10,12,22H,3,6,11H2,1-2H3. The second-order valence-electron chi connectivity index (χ2n) is 5.78. The summed E-state index contributed by atoms with van der Waals surface area (Å²) < 4.78 is 11.0. The topological polar surface area (TPSA) is 59.7 Å². The van der Waals surface area contributed by atoms with Crippen LogP contribution in [0.4, 0.5) is 0 Å². The Morgan fingerprint density at radius 1 is 1.21 bits per heavy atom. The van der Waals surface area contributed by atoms with E-state index in [1.165, 1.54) is 6.07 Å². The monoisotopic (exact) mass is 324 g/mol. The summed E-state index contributed by atoms with van der Waals surface area (Å²) >= 11 is 0. The van der Waals surface area contributed by atoms with Crippen molar-refractivity contribution in [1.82, 2.24) is 0 Å². The van der Waals surface area contributed by atoms with Crippen molar-refractivity contribution >= 4 is 16.8 Å². The predicted molar refractivity (Wildman–Crippen MR) is 92.9 cm³/mol. The molecule has 24 heavy (non-hydrogen) atoms. The lowest BCUT2D eigenvalue weighted by atomic mass is 10.00. The number of carbonyl (C=O) groups is 1. The number of hydrogen-bond acceptors (Lipinski definition) is 4. The number of phenols is 1. The maximum absolute atomic E-state index is 12.6. The van der Waals surface area contributed by atoms with Gasteiger partial charge >= 0.3 is 0 Å². The quantitative estimate of drug-likeness (QED) is 0.677. The van der Waals surface area contributed by atoms with Gasteiger partial charge in [0.15, 0.2) is 5.78 Å². The highest BCUT2D eigenvalue weighted by molar-refractivity contribution is 6.00. The van der Waals surface area contributed by atoms with E-state index in [1.807, 2.05) is 30.3 Å². The molecule has 1 N–H and O–H groups in total. The SMILES string of the molecule is CCCc1cc(C(=O)Cc2cc3ccccc3o2)c(O)cc1OC. The number of hydrogen-bond donors (Lipinski definition) is 1. The fourth-order valence-corrected chi connectivity index (χ4v) is 2.87. The number of ether oxygens (including phenoxy) is 1. The molecule has 0 bridgehead atoms. The predicted octanol–water partition coefficient (Wildman–Crippen LogP) is 4.52. The van der Waals surface area contributed by atoms with Crippen LogP contribution >= 0.6 is 0 Å². The van der Waals surface area contributed by atoms with Crippen molar-refractivity contribution in [3.05, 3.63) is 59.4 Å². The van der Waals surface area contributed by atoms with Gasteiger partial charge < -0.3 is 14.3 Å². The summed E-state index contributed by atoms with van der Waals surface area (Å²) in [4.78, 5) is 12.6. The minimum Gasteiger partial charge on any atom is -0.507 e. The number of aromatic hydroxyl groups is 1. The van der Waals surface area contributed by atoms with E-state index in [0.717, 1.165) is 29.4 Å². The first-order valence-corrected chi connectivity index (χ1v) is 8.03. The average Bonchev–Trinajstić information content (AvgIpc) is 2.98. The van der Waals surface area contributed by atoms with Gasteiger partial charge in [0.25, 0.3) is 0 Å². The lowest BCUT2D eigenvalue weighted by molar-refractivity contribution is 0.0985. The molecule has 0 amide bonds. The zero-order chi connectivity index (χ0) is 17.1. The maximum atomic E-state index is 12.6. The minimum absolute atomic E-state index is 0.0622. The van der Waals surface area contributed by atoms with Crippen molar-refractivity contribution in [1.29, 1.82) is 0 Å². The van der Waals surface area contributed by atoms with Crippen LogP contribution in [-0.4, -0.2) is 18.0 Å². The van der Waals surface area contributed by atoms with Crippen molar-refractivity contribution in [2.75, 3.05) is 7.11 Å². The van der Waals surface area contributed by atoms with Crippen LogP contribution in [-0.2, 0) is 12.8 Å². The fourth-order valence-electron chi connectivity index (χ4n) is 2.87. The summed E-state index contributed by atoms with van der Waals surface area (Å²) in [6.45, 7) is 2.06. The molecular formula is C20H20O4. The molecule has 4 heteroatoms. The van der Waals surface area contributed by atoms with Crippen LogP contribution in [0.3, 0.4) is 0 Å². The highest BCUT2D eigenvalue weighted by atomic mass is 16.5. The molecular weight excluding hydrogens is 304 g/mol. The normalized spacial score (nSPS) is 10.9. The third-order valence-corrected chi connectivity index (χ3v) is 4.03. The molecule has 0 spiro atoms. The van der Waals surface area contributed by atoms with Gasteiger partial charge in [0, 0.05) is 11.5 Å². The molecule has 0 aliphatic rings. The van der Waals surface area contributed by atoms with E-state index in [-0.39, 0.29) is 18.0 Å². The molecule has 0 saturated heterocycles. The molecule has 0 radical (unpaired) electrons. The molecule has 3 aromatic rings. The van der Waals surface area contributed by atoms with Gasteiger partial charge in [-0.1, -0.05) is 31.5 Å². The Morgan fingerprint density at radius 2 is 2.00 bits per heavy atom. The van der Waals surface area contributed by atoms with E-state index in [0.29, 0.717) is 17.1 Å². The van der Waals surface area contributed by atoms with Crippen molar-refractivity contribution in [2.24, 2.45) is 0 Å². The van der Waals surface area contributed by atoms with Gasteiger partial charge in [-0.3, -0.25) is 4.79 Å². The van der Waals surface area contributed by atoms with Gasteiger partial charge in [-0.25, -0.2) is 0 Å². The first-order chi connectivity index (χ1) is 11.6. The van der Waals surface area contributed by atoms with Crippen LogP contribution in [0.1, 0.15) is 35.0 Å². The molecule has 1 heterocycles. The molecule has 0 aliphatic heterocycles. The molecule has 0 saturated carbocycles. The van der Waals surface area contributed by atoms with Crippen LogP contribution in [0, 0.1) is 0 Å². The van der Waals surface area contributed by atoms with Crippen molar-refractivity contribution in [3.8, 4) is 11.5 Å². The number of fused-ring (bicyclic) bond motifs is 1. The van der Waals surface area contributed by atoms with E-state index in [4.69, 9.17) is 9.15 Å². The first-order valence-electron chi connectivity index (χ1n) is 8.03. The van der Waals surface area contributed by atoms with Gasteiger partial charge in [-0.2, -0.15) is 0 Å². The number of benzene rings is 2. The highest BCUT2D eigenvalue weighted by Crippen LogP contribution is 2.30. The second kappa shape index (κ2) is 6.79. The summed E-state index contributed by atoms with van der Waals surface area (Å²) in [6, 6.07) is 12.7. The lowest BCUT2D eigenvalue weighted by Crippen LogP contribution is -2.05. The fraction of sp³-hybridized carbons (Fsp3) is 0.250. The summed E-state index contributed by atoms with van der Waals surface area (Å²) in [6.07, 6.45) is 1.83. The molecule has 0 atom stereocenters. The molecule has 4 nitrogen and oxygen atoms in total. The van der Waals surface area contributed by atoms with Gasteiger partial charge in [0.2, 0.25) is 0 Å². The number of Topliss-reactive ketones (excluding diaryl/α,β-unsaturated/α-hetero) is 1. The van der Waals surface area contributed by atoms with Gasteiger partial charge in [-0.05, 0) is 30.2 Å². The Hall–Kier alpha value is -2.75. The van der Waals surface area contributed by atoms with E-state index in [1.54, 1.807) is 13.2 Å². The zero-order valence-electron chi connectivity index (χ0n) is 13.8. The Labute approximate surface area is 140 Å². The Balaban J connectivity index is 1.90. The number of aryl methyl sites for hydroxylation is 1. The molecule has 124 valence electrons. The number of carbonyl (C=O) groups excluding carboxylic acids is 1. The molecule has 0 unspecified atom stereocenters. The van der Waals surface area contributed by atoms with Crippen LogP contribution < -0.4 is 4.74 Å². The summed E-state index contributed by atoms with van der Waals surface area (Å²) in [7, 11) is 1.56. The second-order valence-corrected chi connectivity index (χ2v) is 5.78. The third-order valence-electron chi connectivity index (χ3n) is 4.03. The third kappa shape index (κ3) is 3.13. The minimum atomic E-state index is -0.174. The number of phenolic OH excluding ortho intramolecular Hbond substituents is 1. The molecule has 3 rings (SSSR count). The van der Waals surface area contributed by atoms with Crippen LogP contribution in [0.2, 0.25) is 0 Å². The Kier molecular flexibility index (Phi) is 4.56.